The van der Waals surface area contributed by atoms with Gasteiger partial charge in [-0.1, -0.05) is 0 Å². The lowest BCUT2D eigenvalue weighted by atomic mass is 9.98. The maximum absolute atomic E-state index is 11.6. The van der Waals surface area contributed by atoms with Crippen LogP contribution in [0, 0.1) is 5.92 Å². The Balaban J connectivity index is 2.23. The third kappa shape index (κ3) is 3.18. The molecule has 0 radical (unpaired) electrons. The van der Waals surface area contributed by atoms with E-state index < -0.39 is 5.97 Å². The molecule has 1 saturated heterocycles. The normalized spacial score (nSPS) is 18.9. The summed E-state index contributed by atoms with van der Waals surface area (Å²) in [6.45, 7) is 3.65. The number of carbonyl (C=O) groups is 2. The van der Waals surface area contributed by atoms with Crippen molar-refractivity contribution in [3.05, 3.63) is 0 Å². The molecule has 92 valence electrons. The Hall–Kier alpha value is -1.14. The predicted octanol–water partition coefficient (Wildman–Crippen LogP) is -0.846. The van der Waals surface area contributed by atoms with E-state index in [0.717, 1.165) is 0 Å². The molecular weight excluding hydrogens is 212 g/mol. The molecule has 0 aliphatic carbocycles. The van der Waals surface area contributed by atoms with Crippen molar-refractivity contribution in [2.75, 3.05) is 33.4 Å². The Morgan fingerprint density at radius 1 is 1.56 bits per heavy atom. The Bertz CT molecular complexity index is 264. The maximum Gasteiger partial charge on any atom is 0.309 e. The van der Waals surface area contributed by atoms with Crippen molar-refractivity contribution >= 4 is 11.9 Å². The van der Waals surface area contributed by atoms with E-state index in [1.807, 2.05) is 4.90 Å². The zero-order valence-corrected chi connectivity index (χ0v) is 9.60. The number of amides is 1. The molecule has 6 heteroatoms. The summed E-state index contributed by atoms with van der Waals surface area (Å²) in [7, 11) is 1.57. The molecule has 0 aromatic carbocycles. The third-order valence-electron chi connectivity index (χ3n) is 2.79. The van der Waals surface area contributed by atoms with Gasteiger partial charge in [0.2, 0.25) is 5.91 Å². The molecule has 6 nitrogen and oxygen atoms in total. The summed E-state index contributed by atoms with van der Waals surface area (Å²) in [5.41, 5.74) is 0. The molecule has 1 atom stereocenters. The lowest BCUT2D eigenvalue weighted by molar-refractivity contribution is -0.150. The molecule has 1 aliphatic rings. The van der Waals surface area contributed by atoms with Crippen LogP contribution in [-0.4, -0.2) is 61.3 Å². The fourth-order valence-corrected chi connectivity index (χ4v) is 1.57. The van der Waals surface area contributed by atoms with E-state index in [4.69, 9.17) is 9.84 Å². The van der Waals surface area contributed by atoms with Gasteiger partial charge in [0.1, 0.15) is 0 Å². The van der Waals surface area contributed by atoms with Crippen LogP contribution in [0.2, 0.25) is 0 Å². The summed E-state index contributed by atoms with van der Waals surface area (Å²) in [4.78, 5) is 24.0. The van der Waals surface area contributed by atoms with Crippen LogP contribution in [0.3, 0.4) is 0 Å². The van der Waals surface area contributed by atoms with Crippen LogP contribution in [0.1, 0.15) is 6.92 Å². The van der Waals surface area contributed by atoms with Crippen LogP contribution < -0.4 is 5.32 Å². The lowest BCUT2D eigenvalue weighted by Crippen LogP contribution is -2.58. The summed E-state index contributed by atoms with van der Waals surface area (Å²) in [5, 5.41) is 11.4. The number of likely N-dealkylation sites (tertiary alicyclic amines) is 1. The molecule has 0 spiro atoms. The topological polar surface area (TPSA) is 78.9 Å². The van der Waals surface area contributed by atoms with E-state index in [1.165, 1.54) is 0 Å². The molecule has 1 unspecified atom stereocenters. The van der Waals surface area contributed by atoms with E-state index >= 15 is 0 Å². The summed E-state index contributed by atoms with van der Waals surface area (Å²) in [5.74, 6) is -1.20. The summed E-state index contributed by atoms with van der Waals surface area (Å²) in [6.07, 6.45) is 0. The van der Waals surface area contributed by atoms with Crippen molar-refractivity contribution in [3.63, 3.8) is 0 Å². The van der Waals surface area contributed by atoms with E-state index in [0.29, 0.717) is 26.2 Å². The van der Waals surface area contributed by atoms with Crippen LogP contribution in [0.4, 0.5) is 0 Å². The van der Waals surface area contributed by atoms with Gasteiger partial charge in [-0.15, -0.1) is 0 Å². The average Bonchev–Trinajstić information content (AvgIpc) is 2.14. The van der Waals surface area contributed by atoms with Gasteiger partial charge < -0.3 is 15.2 Å². The second-order valence-electron chi connectivity index (χ2n) is 3.95. The molecule has 16 heavy (non-hydrogen) atoms. The quantitative estimate of drug-likeness (QED) is 0.581. The monoisotopic (exact) mass is 230 g/mol. The number of aliphatic carboxylic acids is 1. The average molecular weight is 230 g/mol. The van der Waals surface area contributed by atoms with Gasteiger partial charge in [0.15, 0.2) is 0 Å². The first-order valence-corrected chi connectivity index (χ1v) is 5.29. The minimum atomic E-state index is -0.789. The first-order valence-electron chi connectivity index (χ1n) is 5.29. The van der Waals surface area contributed by atoms with Gasteiger partial charge in [-0.05, 0) is 6.92 Å². The highest BCUT2D eigenvalue weighted by Crippen LogP contribution is 2.18. The lowest BCUT2D eigenvalue weighted by Gasteiger charge is -2.40. The maximum atomic E-state index is 11.6. The van der Waals surface area contributed by atoms with Crippen molar-refractivity contribution in [1.82, 2.24) is 10.2 Å². The molecule has 1 amide bonds. The second-order valence-corrected chi connectivity index (χ2v) is 3.95. The molecule has 1 fully saturated rings. The third-order valence-corrected chi connectivity index (χ3v) is 2.79. The molecule has 1 heterocycles. The number of nitrogens with one attached hydrogen (secondary N) is 1. The minimum absolute atomic E-state index is 0.0825. The van der Waals surface area contributed by atoms with E-state index in [9.17, 15) is 9.59 Å². The Labute approximate surface area is 94.6 Å². The highest BCUT2D eigenvalue weighted by molar-refractivity contribution is 5.82. The first-order chi connectivity index (χ1) is 7.56. The van der Waals surface area contributed by atoms with Crippen molar-refractivity contribution in [2.24, 2.45) is 5.92 Å². The molecular formula is C10H18N2O4. The zero-order chi connectivity index (χ0) is 12.1. The minimum Gasteiger partial charge on any atom is -0.481 e. The molecule has 0 aromatic rings. The van der Waals surface area contributed by atoms with Gasteiger partial charge >= 0.3 is 5.97 Å². The molecule has 2 N–H and O–H groups in total. The summed E-state index contributed by atoms with van der Waals surface area (Å²) in [6, 6.07) is -0.271. The van der Waals surface area contributed by atoms with E-state index in [2.05, 4.69) is 5.32 Å². The predicted molar refractivity (Wildman–Crippen MR) is 57.0 cm³/mol. The molecule has 0 aromatic heterocycles. The number of ether oxygens (including phenoxy) is 1. The smallest absolute Gasteiger partial charge is 0.309 e. The van der Waals surface area contributed by atoms with Gasteiger partial charge in [-0.25, -0.2) is 0 Å². The Morgan fingerprint density at radius 3 is 2.69 bits per heavy atom. The van der Waals surface area contributed by atoms with Gasteiger partial charge in [0, 0.05) is 26.7 Å². The number of rotatable bonds is 6. The number of methoxy groups -OCH3 is 1. The zero-order valence-electron chi connectivity index (χ0n) is 9.60. The first kappa shape index (κ1) is 12.9. The Morgan fingerprint density at radius 2 is 2.19 bits per heavy atom. The number of hydrogen-bond acceptors (Lipinski definition) is 4. The molecule has 0 bridgehead atoms. The molecule has 0 saturated carbocycles. The fourth-order valence-electron chi connectivity index (χ4n) is 1.57. The Kier molecular flexibility index (Phi) is 4.70. The number of carboxylic acid groups (broad SMARTS) is 1. The summed E-state index contributed by atoms with van der Waals surface area (Å²) >= 11 is 0. The summed E-state index contributed by atoms with van der Waals surface area (Å²) < 4.78 is 4.82. The van der Waals surface area contributed by atoms with Crippen LogP contribution >= 0.6 is 0 Å². The highest BCUT2D eigenvalue weighted by atomic mass is 16.5. The van der Waals surface area contributed by atoms with Gasteiger partial charge in [0.25, 0.3) is 0 Å². The molecule has 1 rings (SSSR count). The van der Waals surface area contributed by atoms with Crippen molar-refractivity contribution in [3.8, 4) is 0 Å². The fraction of sp³-hybridized carbons (Fsp3) is 0.800. The van der Waals surface area contributed by atoms with Crippen molar-refractivity contribution in [1.29, 1.82) is 0 Å². The number of carboxylic acids is 1. The number of hydrogen-bond donors (Lipinski definition) is 2. The number of carbonyl (C=O) groups excluding carboxylic acids is 1. The number of nitrogens with zero attached hydrogens (tertiary/aromatic N) is 1. The SMILES string of the molecule is COCCNC(=O)C(C)N1CC(C(=O)O)C1. The van der Waals surface area contributed by atoms with Crippen molar-refractivity contribution in [2.45, 2.75) is 13.0 Å². The largest absolute Gasteiger partial charge is 0.481 e. The van der Waals surface area contributed by atoms with Gasteiger partial charge in [-0.3, -0.25) is 14.5 Å². The van der Waals surface area contributed by atoms with Gasteiger partial charge in [0.05, 0.1) is 18.6 Å². The second kappa shape index (κ2) is 5.81. The van der Waals surface area contributed by atoms with E-state index in [-0.39, 0.29) is 17.9 Å². The van der Waals surface area contributed by atoms with Crippen molar-refractivity contribution < 1.29 is 19.4 Å². The van der Waals surface area contributed by atoms with Crippen LogP contribution in [0.5, 0.6) is 0 Å². The standard InChI is InChI=1S/C10H18N2O4/c1-7(9(13)11-3-4-16-2)12-5-8(6-12)10(14)15/h7-8H,3-6H2,1-2H3,(H,11,13)(H,14,15). The van der Waals surface area contributed by atoms with E-state index in [1.54, 1.807) is 14.0 Å². The van der Waals surface area contributed by atoms with Crippen LogP contribution in [0.25, 0.3) is 0 Å². The van der Waals surface area contributed by atoms with Crippen LogP contribution in [0.15, 0.2) is 0 Å². The molecule has 1 aliphatic heterocycles. The highest BCUT2D eigenvalue weighted by Gasteiger charge is 2.37. The van der Waals surface area contributed by atoms with Gasteiger partial charge in [-0.2, -0.15) is 0 Å². The van der Waals surface area contributed by atoms with Crippen LogP contribution in [-0.2, 0) is 14.3 Å².